The lowest BCUT2D eigenvalue weighted by Gasteiger charge is -2.27. The van der Waals surface area contributed by atoms with E-state index in [2.05, 4.69) is 76.9 Å². The van der Waals surface area contributed by atoms with Crippen molar-refractivity contribution in [2.24, 2.45) is 5.92 Å². The highest BCUT2D eigenvalue weighted by atomic mass is 32.2. The van der Waals surface area contributed by atoms with Gasteiger partial charge in [-0.1, -0.05) is 45.4 Å². The van der Waals surface area contributed by atoms with Gasteiger partial charge >= 0.3 is 0 Å². The zero-order chi connectivity index (χ0) is 37.6. The lowest BCUT2D eigenvalue weighted by atomic mass is 10.00. The first kappa shape index (κ1) is 39.7. The first-order chi connectivity index (χ1) is 25.7. The second-order valence-corrected chi connectivity index (χ2v) is 15.1. The minimum Gasteiger partial charge on any atom is -0.491 e. The van der Waals surface area contributed by atoms with Crippen molar-refractivity contribution in [1.82, 2.24) is 14.5 Å². The molecule has 3 aromatic carbocycles. The van der Waals surface area contributed by atoms with Crippen molar-refractivity contribution in [1.29, 1.82) is 0 Å². The highest BCUT2D eigenvalue weighted by Crippen LogP contribution is 2.34. The number of aromatic nitrogens is 2. The Hall–Kier alpha value is -4.54. The summed E-state index contributed by atoms with van der Waals surface area (Å²) in [6.07, 6.45) is 9.99. The van der Waals surface area contributed by atoms with Gasteiger partial charge in [0.15, 0.2) is 0 Å². The molecule has 9 nitrogen and oxygen atoms in total. The third kappa shape index (κ3) is 12.0. The molecule has 0 spiro atoms. The number of carbonyl (C=O) groups excluding carboxylic acids is 2. The summed E-state index contributed by atoms with van der Waals surface area (Å²) >= 11 is 1.70. The molecule has 0 radical (unpaired) electrons. The average Bonchev–Trinajstić information content (AvgIpc) is 3.52. The van der Waals surface area contributed by atoms with Gasteiger partial charge in [0.25, 0.3) is 5.91 Å². The van der Waals surface area contributed by atoms with Gasteiger partial charge in [-0.15, -0.1) is 11.8 Å². The number of ether oxygens (including phenoxy) is 2. The fourth-order valence-corrected chi connectivity index (χ4v) is 7.06. The Kier molecular flexibility index (Phi) is 15.0. The molecule has 2 amide bonds. The number of aryl methyl sites for hydroxylation is 1. The normalized spacial score (nSPS) is 12.6. The predicted molar refractivity (Wildman–Crippen MR) is 218 cm³/mol. The maximum Gasteiger partial charge on any atom is 0.251 e. The first-order valence-electron chi connectivity index (χ1n) is 18.8. The number of fused-ring (bicyclic) bond motifs is 1. The Balaban J connectivity index is 1.21. The molecule has 0 unspecified atom stereocenters. The van der Waals surface area contributed by atoms with Crippen LogP contribution in [0.4, 0.5) is 11.4 Å². The summed E-state index contributed by atoms with van der Waals surface area (Å²) in [6.45, 7) is 11.0. The highest BCUT2D eigenvalue weighted by Gasteiger charge is 2.21. The first-order valence-corrected chi connectivity index (χ1v) is 19.8. The van der Waals surface area contributed by atoms with Crippen LogP contribution in [0.3, 0.4) is 0 Å². The van der Waals surface area contributed by atoms with Gasteiger partial charge < -0.3 is 29.2 Å². The highest BCUT2D eigenvalue weighted by molar-refractivity contribution is 7.98. The third-order valence-electron chi connectivity index (χ3n) is 9.12. The molecule has 4 aromatic rings. The minimum absolute atomic E-state index is 0.0805. The van der Waals surface area contributed by atoms with E-state index >= 15 is 0 Å². The summed E-state index contributed by atoms with van der Waals surface area (Å²) in [7, 11) is 3.57. The van der Waals surface area contributed by atoms with Crippen LogP contribution in [0.1, 0.15) is 64.3 Å². The number of nitrogens with one attached hydrogen (secondary N) is 1. The molecule has 53 heavy (non-hydrogen) atoms. The Labute approximate surface area is 319 Å². The smallest absolute Gasteiger partial charge is 0.251 e. The number of nitrogens with zero attached hydrogens (tertiary/aromatic N) is 4. The molecule has 1 aromatic heterocycles. The van der Waals surface area contributed by atoms with Crippen molar-refractivity contribution >= 4 is 41.0 Å². The van der Waals surface area contributed by atoms with Gasteiger partial charge in [-0.05, 0) is 96.5 Å². The van der Waals surface area contributed by atoms with E-state index in [1.165, 1.54) is 0 Å². The lowest BCUT2D eigenvalue weighted by Crippen LogP contribution is -2.29. The van der Waals surface area contributed by atoms with Gasteiger partial charge in [0.05, 0.1) is 12.4 Å². The SMILES string of the molecule is CCCCOCCOc1ccc(-c2ccc3c(c2)C=C(C(=O)Nc2ccc(SCc4nccn4CCCC(=O)N(C)C)cc2)CCN3CC(C)C)cc1. The largest absolute Gasteiger partial charge is 0.491 e. The second-order valence-electron chi connectivity index (χ2n) is 14.1. The van der Waals surface area contributed by atoms with Crippen molar-refractivity contribution in [3.05, 3.63) is 96.1 Å². The number of imidazole rings is 1. The van der Waals surface area contributed by atoms with Crippen LogP contribution in [0, 0.1) is 5.92 Å². The van der Waals surface area contributed by atoms with Crippen molar-refractivity contribution in [2.45, 2.75) is 70.1 Å². The number of thioether (sulfide) groups is 1. The Morgan fingerprint density at radius 2 is 1.74 bits per heavy atom. The van der Waals surface area contributed by atoms with Crippen molar-refractivity contribution in [3.8, 4) is 16.9 Å². The van der Waals surface area contributed by atoms with Crippen LogP contribution < -0.4 is 15.0 Å². The Morgan fingerprint density at radius 3 is 2.47 bits per heavy atom. The Bertz CT molecular complexity index is 1800. The quantitative estimate of drug-likeness (QED) is 0.0761. The molecule has 0 atom stereocenters. The van der Waals surface area contributed by atoms with Gasteiger partial charge in [0.2, 0.25) is 5.91 Å². The molecule has 1 aliphatic rings. The molecule has 0 saturated carbocycles. The van der Waals surface area contributed by atoms with E-state index in [4.69, 9.17) is 9.47 Å². The maximum absolute atomic E-state index is 13.7. The summed E-state index contributed by atoms with van der Waals surface area (Å²) in [6, 6.07) is 22.7. The molecule has 0 fully saturated rings. The number of anilines is 2. The van der Waals surface area contributed by atoms with E-state index in [1.54, 1.807) is 30.8 Å². The standard InChI is InChI=1S/C43H55N5O4S/c1-6-7-25-51-26-27-52-38-15-10-33(11-16-38)34-12-19-40-36(28-34)29-35(20-23-48(40)30-32(2)3)43(50)45-37-13-17-39(18-14-37)53-31-41-44-21-24-47(41)22-8-9-42(49)46(4)5/h10-19,21,24,28-29,32H,6-9,20,22-23,25-27,30-31H2,1-5H3,(H,45,50). The summed E-state index contributed by atoms with van der Waals surface area (Å²) in [5.74, 6) is 3.06. The van der Waals surface area contributed by atoms with Crippen molar-refractivity contribution in [3.63, 3.8) is 0 Å². The second kappa shape index (κ2) is 20.1. The number of rotatable bonds is 19. The molecule has 2 heterocycles. The van der Waals surface area contributed by atoms with Gasteiger partial charge in [-0.25, -0.2) is 4.98 Å². The van der Waals surface area contributed by atoms with E-state index < -0.39 is 0 Å². The number of amides is 2. The molecular formula is C43H55N5O4S. The van der Waals surface area contributed by atoms with Crippen LogP contribution in [0.5, 0.6) is 5.75 Å². The van der Waals surface area contributed by atoms with Crippen LogP contribution in [0.2, 0.25) is 0 Å². The molecule has 0 aliphatic carbocycles. The third-order valence-corrected chi connectivity index (χ3v) is 10.1. The minimum atomic E-state index is -0.0805. The summed E-state index contributed by atoms with van der Waals surface area (Å²) in [5, 5.41) is 3.15. The van der Waals surface area contributed by atoms with E-state index in [9.17, 15) is 9.59 Å². The monoisotopic (exact) mass is 737 g/mol. The van der Waals surface area contributed by atoms with Gasteiger partial charge in [-0.2, -0.15) is 0 Å². The summed E-state index contributed by atoms with van der Waals surface area (Å²) in [4.78, 5) is 35.3. The molecule has 1 aliphatic heterocycles. The van der Waals surface area contributed by atoms with Crippen LogP contribution in [0.15, 0.2) is 89.6 Å². The summed E-state index contributed by atoms with van der Waals surface area (Å²) in [5.41, 5.74) is 5.91. The van der Waals surface area contributed by atoms with E-state index in [0.29, 0.717) is 37.7 Å². The van der Waals surface area contributed by atoms with Crippen LogP contribution >= 0.6 is 11.8 Å². The number of carbonyl (C=O) groups is 2. The maximum atomic E-state index is 13.7. The van der Waals surface area contributed by atoms with E-state index in [1.807, 2.05) is 48.8 Å². The van der Waals surface area contributed by atoms with Gasteiger partial charge in [0.1, 0.15) is 18.2 Å². The molecule has 1 N–H and O–H groups in total. The van der Waals surface area contributed by atoms with Crippen molar-refractivity contribution < 1.29 is 19.1 Å². The number of hydrogen-bond acceptors (Lipinski definition) is 7. The fraction of sp³-hybridized carbons (Fsp3) is 0.419. The number of benzene rings is 3. The van der Waals surface area contributed by atoms with Crippen LogP contribution in [-0.4, -0.2) is 73.3 Å². The summed E-state index contributed by atoms with van der Waals surface area (Å²) < 4.78 is 13.6. The number of hydrogen-bond donors (Lipinski definition) is 1. The van der Waals surface area contributed by atoms with Gasteiger partial charge in [0, 0.05) is 81.0 Å². The van der Waals surface area contributed by atoms with Crippen molar-refractivity contribution in [2.75, 3.05) is 57.2 Å². The molecule has 10 heteroatoms. The topological polar surface area (TPSA) is 88.9 Å². The Morgan fingerprint density at radius 1 is 0.962 bits per heavy atom. The number of unbranched alkanes of at least 4 members (excludes halogenated alkanes) is 1. The van der Waals surface area contributed by atoms with Crippen LogP contribution in [-0.2, 0) is 26.6 Å². The molecule has 0 saturated heterocycles. The molecule has 0 bridgehead atoms. The predicted octanol–water partition coefficient (Wildman–Crippen LogP) is 8.79. The zero-order valence-corrected chi connectivity index (χ0v) is 32.8. The molecule has 282 valence electrons. The average molecular weight is 738 g/mol. The fourth-order valence-electron chi connectivity index (χ4n) is 6.20. The van der Waals surface area contributed by atoms with E-state index in [0.717, 1.165) is 95.6 Å². The van der Waals surface area contributed by atoms with Crippen LogP contribution in [0.25, 0.3) is 17.2 Å². The molecular weight excluding hydrogens is 683 g/mol. The van der Waals surface area contributed by atoms with E-state index in [-0.39, 0.29) is 11.8 Å². The molecule has 5 rings (SSSR count). The van der Waals surface area contributed by atoms with Gasteiger partial charge in [-0.3, -0.25) is 9.59 Å². The zero-order valence-electron chi connectivity index (χ0n) is 32.0. The lowest BCUT2D eigenvalue weighted by molar-refractivity contribution is -0.128.